The Bertz CT molecular complexity index is 770. The second-order valence-corrected chi connectivity index (χ2v) is 7.06. The largest absolute Gasteiger partial charge is 0.469 e. The van der Waals surface area contributed by atoms with Crippen molar-refractivity contribution in [3.05, 3.63) is 47.9 Å². The molecular formula is C19H19FN2O. The fourth-order valence-corrected chi connectivity index (χ4v) is 4.55. The smallest absolute Gasteiger partial charge is 0.217 e. The van der Waals surface area contributed by atoms with Crippen molar-refractivity contribution in [3.8, 4) is 17.0 Å². The van der Waals surface area contributed by atoms with Gasteiger partial charge in [0.25, 0.3) is 0 Å². The minimum absolute atomic E-state index is 0.0975. The maximum atomic E-state index is 14.0. The fraction of sp³-hybridized carbons (Fsp3) is 0.421. The summed E-state index contributed by atoms with van der Waals surface area (Å²) >= 11 is 0. The van der Waals surface area contributed by atoms with E-state index in [0.29, 0.717) is 11.5 Å². The zero-order valence-electron chi connectivity index (χ0n) is 13.0. The van der Waals surface area contributed by atoms with Gasteiger partial charge in [-0.15, -0.1) is 0 Å². The summed E-state index contributed by atoms with van der Waals surface area (Å²) in [7, 11) is 0. The molecule has 23 heavy (non-hydrogen) atoms. The number of hydrogen-bond donors (Lipinski definition) is 0. The molecule has 118 valence electrons. The zero-order chi connectivity index (χ0) is 15.4. The first-order valence-electron chi connectivity index (χ1n) is 8.39. The van der Waals surface area contributed by atoms with E-state index in [2.05, 4.69) is 16.0 Å². The SMILES string of the molecule is [18F]c1ccccc1-c1cnc2c(c1)CC1(CN3CCC1CC3)O2. The Morgan fingerprint density at radius 1 is 1.22 bits per heavy atom. The van der Waals surface area contributed by atoms with Gasteiger partial charge in [-0.1, -0.05) is 18.2 Å². The first-order valence-corrected chi connectivity index (χ1v) is 8.39. The van der Waals surface area contributed by atoms with E-state index in [1.54, 1.807) is 18.3 Å². The quantitative estimate of drug-likeness (QED) is 0.808. The summed E-state index contributed by atoms with van der Waals surface area (Å²) in [5, 5.41) is 0. The van der Waals surface area contributed by atoms with Crippen molar-refractivity contribution in [3.63, 3.8) is 0 Å². The molecule has 2 bridgehead atoms. The summed E-state index contributed by atoms with van der Waals surface area (Å²) in [4.78, 5) is 7.01. The van der Waals surface area contributed by atoms with Crippen molar-refractivity contribution < 1.29 is 9.13 Å². The van der Waals surface area contributed by atoms with Crippen LogP contribution in [0.25, 0.3) is 11.1 Å². The number of benzene rings is 1. The molecular weight excluding hydrogens is 290 g/mol. The molecule has 4 aliphatic heterocycles. The predicted octanol–water partition coefficient (Wildman–Crippen LogP) is 3.29. The fourth-order valence-electron chi connectivity index (χ4n) is 4.55. The molecule has 1 aromatic heterocycles. The van der Waals surface area contributed by atoms with Gasteiger partial charge in [0.1, 0.15) is 11.4 Å². The van der Waals surface area contributed by atoms with Crippen molar-refractivity contribution in [2.45, 2.75) is 24.9 Å². The van der Waals surface area contributed by atoms with Crippen molar-refractivity contribution in [1.29, 1.82) is 0 Å². The summed E-state index contributed by atoms with van der Waals surface area (Å²) in [5.74, 6) is 1.17. The Morgan fingerprint density at radius 3 is 2.78 bits per heavy atom. The van der Waals surface area contributed by atoms with Gasteiger partial charge < -0.3 is 4.74 Å². The van der Waals surface area contributed by atoms with Gasteiger partial charge in [-0.05, 0) is 38.1 Å². The van der Waals surface area contributed by atoms with Gasteiger partial charge in [-0.2, -0.15) is 0 Å². The number of piperidine rings is 3. The molecule has 0 saturated carbocycles. The highest BCUT2D eigenvalue weighted by Gasteiger charge is 2.52. The zero-order valence-corrected chi connectivity index (χ0v) is 13.0. The van der Waals surface area contributed by atoms with Crippen LogP contribution in [0.15, 0.2) is 36.5 Å². The number of halogens is 1. The van der Waals surface area contributed by atoms with Gasteiger partial charge in [-0.25, -0.2) is 9.37 Å². The van der Waals surface area contributed by atoms with Crippen molar-refractivity contribution in [1.82, 2.24) is 9.88 Å². The van der Waals surface area contributed by atoms with E-state index in [0.717, 1.165) is 30.0 Å². The molecule has 4 heteroatoms. The lowest BCUT2D eigenvalue weighted by atomic mass is 9.73. The van der Waals surface area contributed by atoms with Crippen LogP contribution in [0.2, 0.25) is 0 Å². The molecule has 0 radical (unpaired) electrons. The highest BCUT2D eigenvalue weighted by Crippen LogP contribution is 2.46. The van der Waals surface area contributed by atoms with Crippen LogP contribution in [0.4, 0.5) is 4.39 Å². The van der Waals surface area contributed by atoms with Crippen LogP contribution in [-0.2, 0) is 6.42 Å². The molecule has 3 saturated heterocycles. The molecule has 0 N–H and O–H groups in total. The molecule has 2 aromatic rings. The molecule has 0 aliphatic carbocycles. The van der Waals surface area contributed by atoms with E-state index in [1.807, 2.05) is 6.07 Å². The van der Waals surface area contributed by atoms with Crippen LogP contribution in [0.1, 0.15) is 18.4 Å². The molecule has 0 amide bonds. The van der Waals surface area contributed by atoms with Gasteiger partial charge >= 0.3 is 0 Å². The summed E-state index contributed by atoms with van der Waals surface area (Å²) < 4.78 is 20.4. The van der Waals surface area contributed by atoms with E-state index in [9.17, 15) is 4.39 Å². The van der Waals surface area contributed by atoms with Crippen LogP contribution in [0, 0.1) is 11.7 Å². The Labute approximate surface area is 135 Å². The van der Waals surface area contributed by atoms with E-state index in [4.69, 9.17) is 4.74 Å². The Kier molecular flexibility index (Phi) is 2.80. The van der Waals surface area contributed by atoms with Crippen LogP contribution < -0.4 is 4.74 Å². The lowest BCUT2D eigenvalue weighted by molar-refractivity contribution is -0.0814. The first-order chi connectivity index (χ1) is 11.2. The van der Waals surface area contributed by atoms with Crippen LogP contribution in [-0.4, -0.2) is 35.1 Å². The molecule has 3 fully saturated rings. The minimum atomic E-state index is -0.203. The number of nitrogens with zero attached hydrogens (tertiary/aromatic N) is 2. The third-order valence-corrected chi connectivity index (χ3v) is 5.72. The second-order valence-electron chi connectivity index (χ2n) is 7.06. The molecule has 1 aromatic carbocycles. The Hall–Kier alpha value is -1.94. The molecule has 1 spiro atoms. The molecule has 1 atom stereocenters. The number of fused-ring (bicyclic) bond motifs is 3. The number of pyridine rings is 1. The van der Waals surface area contributed by atoms with Gasteiger partial charge in [-0.3, -0.25) is 4.90 Å². The minimum Gasteiger partial charge on any atom is -0.469 e. The molecule has 3 nitrogen and oxygen atoms in total. The Balaban J connectivity index is 1.51. The maximum absolute atomic E-state index is 14.0. The lowest BCUT2D eigenvalue weighted by Crippen LogP contribution is -2.61. The third kappa shape index (κ3) is 2.01. The molecule has 5 heterocycles. The van der Waals surface area contributed by atoms with Gasteiger partial charge in [0, 0.05) is 41.8 Å². The third-order valence-electron chi connectivity index (χ3n) is 5.72. The summed E-state index contributed by atoms with van der Waals surface area (Å²) in [6.07, 6.45) is 5.07. The normalized spacial score (nSPS) is 31.2. The topological polar surface area (TPSA) is 25.4 Å². The van der Waals surface area contributed by atoms with Crippen molar-refractivity contribution in [2.75, 3.05) is 19.6 Å². The average Bonchev–Trinajstić information content (AvgIpc) is 2.93. The van der Waals surface area contributed by atoms with Crippen LogP contribution in [0.5, 0.6) is 5.88 Å². The number of rotatable bonds is 1. The molecule has 4 aliphatic rings. The van der Waals surface area contributed by atoms with Gasteiger partial charge in [0.15, 0.2) is 0 Å². The first kappa shape index (κ1) is 13.5. The van der Waals surface area contributed by atoms with Gasteiger partial charge in [0.2, 0.25) is 5.88 Å². The van der Waals surface area contributed by atoms with E-state index >= 15 is 0 Å². The summed E-state index contributed by atoms with van der Waals surface area (Å²) in [5.41, 5.74) is 2.47. The van der Waals surface area contributed by atoms with Crippen LogP contribution in [0.3, 0.4) is 0 Å². The number of hydrogen-bond acceptors (Lipinski definition) is 3. The van der Waals surface area contributed by atoms with Crippen LogP contribution >= 0.6 is 0 Å². The lowest BCUT2D eigenvalue weighted by Gasteiger charge is -2.50. The highest BCUT2D eigenvalue weighted by molar-refractivity contribution is 5.65. The van der Waals surface area contributed by atoms with E-state index in [1.165, 1.54) is 32.0 Å². The number of aromatic nitrogens is 1. The molecule has 1 unspecified atom stereocenters. The van der Waals surface area contributed by atoms with E-state index < -0.39 is 0 Å². The molecule has 6 rings (SSSR count). The van der Waals surface area contributed by atoms with Gasteiger partial charge in [0.05, 0.1) is 0 Å². The predicted molar refractivity (Wildman–Crippen MR) is 85.9 cm³/mol. The summed E-state index contributed by atoms with van der Waals surface area (Å²) in [6, 6.07) is 8.93. The highest BCUT2D eigenvalue weighted by atomic mass is 18.2. The standard InChI is InChI=1S/C19H19FN2O/c20-17-4-2-1-3-16(17)14-9-13-10-19(23-18(13)21-11-14)12-22-7-5-15(19)6-8-22/h1-4,9,11,15H,5-8,10,12H2/i20-1. The average molecular weight is 309 g/mol. The number of ether oxygens (including phenoxy) is 1. The van der Waals surface area contributed by atoms with Crippen molar-refractivity contribution >= 4 is 0 Å². The Morgan fingerprint density at radius 2 is 2.04 bits per heavy atom. The monoisotopic (exact) mass is 309 g/mol. The maximum Gasteiger partial charge on any atom is 0.217 e. The summed E-state index contributed by atoms with van der Waals surface area (Å²) in [6.45, 7) is 3.39. The van der Waals surface area contributed by atoms with E-state index in [-0.39, 0.29) is 11.4 Å². The second kappa shape index (κ2) is 4.78. The van der Waals surface area contributed by atoms with Crippen molar-refractivity contribution in [2.24, 2.45) is 5.92 Å².